The summed E-state index contributed by atoms with van der Waals surface area (Å²) in [5.74, 6) is 0.917. The molecule has 1 unspecified atom stereocenters. The number of likely N-dealkylation sites (tertiary alicyclic amines) is 1. The van der Waals surface area contributed by atoms with Gasteiger partial charge in [0.05, 0.1) is 6.54 Å². The summed E-state index contributed by atoms with van der Waals surface area (Å²) in [6, 6.07) is 0.629. The van der Waals surface area contributed by atoms with E-state index < -0.39 is 0 Å². The molecule has 86 valence electrons. The highest BCUT2D eigenvalue weighted by Gasteiger charge is 2.26. The fourth-order valence-corrected chi connectivity index (χ4v) is 2.97. The maximum atomic E-state index is 12.0. The van der Waals surface area contributed by atoms with Crippen LogP contribution in [0.25, 0.3) is 0 Å². The molecule has 1 atom stereocenters. The lowest BCUT2D eigenvalue weighted by Gasteiger charge is -2.33. The van der Waals surface area contributed by atoms with Crippen LogP contribution in [0, 0.1) is 5.92 Å². The van der Waals surface area contributed by atoms with Crippen molar-refractivity contribution in [2.75, 3.05) is 13.1 Å². The van der Waals surface area contributed by atoms with Crippen LogP contribution in [0.3, 0.4) is 0 Å². The first-order chi connectivity index (χ1) is 7.27. The average molecular weight is 209 g/mol. The molecule has 1 saturated heterocycles. The Kier molecular flexibility index (Phi) is 3.79. The molecule has 1 heterocycles. The van der Waals surface area contributed by atoms with E-state index in [2.05, 4.69) is 11.8 Å². The van der Waals surface area contributed by atoms with Crippen molar-refractivity contribution in [3.8, 4) is 0 Å². The van der Waals surface area contributed by atoms with Gasteiger partial charge in [-0.25, -0.2) is 0 Å². The van der Waals surface area contributed by atoms with E-state index in [1.807, 2.05) is 0 Å². The summed E-state index contributed by atoms with van der Waals surface area (Å²) in [4.78, 5) is 14.4. The van der Waals surface area contributed by atoms with Crippen LogP contribution >= 0.6 is 0 Å². The second-order valence-corrected chi connectivity index (χ2v) is 5.26. The predicted octanol–water partition coefficient (Wildman–Crippen LogP) is 2.62. The number of rotatable bonds is 3. The predicted molar refractivity (Wildman–Crippen MR) is 61.9 cm³/mol. The molecule has 0 amide bonds. The third-order valence-electron chi connectivity index (χ3n) is 4.11. The zero-order chi connectivity index (χ0) is 10.7. The largest absolute Gasteiger partial charge is 0.298 e. The molecular formula is C13H23NO. The average Bonchev–Trinajstić information content (AvgIpc) is 2.74. The number of hydrogen-bond acceptors (Lipinski definition) is 2. The molecule has 2 fully saturated rings. The van der Waals surface area contributed by atoms with Crippen LogP contribution in [0.2, 0.25) is 0 Å². The van der Waals surface area contributed by atoms with Crippen LogP contribution in [-0.2, 0) is 4.79 Å². The molecule has 0 bridgehead atoms. The highest BCUT2D eigenvalue weighted by Crippen LogP contribution is 2.26. The fourth-order valence-electron chi connectivity index (χ4n) is 2.97. The van der Waals surface area contributed by atoms with E-state index in [0.29, 0.717) is 17.7 Å². The fraction of sp³-hybridized carbons (Fsp3) is 0.923. The van der Waals surface area contributed by atoms with Crippen LogP contribution in [-0.4, -0.2) is 29.8 Å². The van der Waals surface area contributed by atoms with Crippen molar-refractivity contribution in [1.82, 2.24) is 4.90 Å². The Balaban J connectivity index is 1.81. The van der Waals surface area contributed by atoms with Crippen molar-refractivity contribution in [1.29, 1.82) is 0 Å². The maximum absolute atomic E-state index is 12.0. The standard InChI is InChI=1S/C13H23NO/c1-11-6-4-5-9-14(11)10-13(15)12-7-2-3-8-12/h11-12H,2-10H2,1H3. The smallest absolute Gasteiger partial charge is 0.149 e. The van der Waals surface area contributed by atoms with E-state index in [4.69, 9.17) is 0 Å². The Hall–Kier alpha value is -0.370. The van der Waals surface area contributed by atoms with E-state index in [0.717, 1.165) is 25.9 Å². The summed E-state index contributed by atoms with van der Waals surface area (Å²) in [5, 5.41) is 0. The van der Waals surface area contributed by atoms with Crippen LogP contribution in [0.15, 0.2) is 0 Å². The highest BCUT2D eigenvalue weighted by molar-refractivity contribution is 5.83. The minimum absolute atomic E-state index is 0.402. The first-order valence-electron chi connectivity index (χ1n) is 6.54. The zero-order valence-electron chi connectivity index (χ0n) is 9.87. The van der Waals surface area contributed by atoms with E-state index in [1.165, 1.54) is 32.1 Å². The molecule has 2 heteroatoms. The SMILES string of the molecule is CC1CCCCN1CC(=O)C1CCCC1. The number of nitrogens with zero attached hydrogens (tertiary/aromatic N) is 1. The summed E-state index contributed by atoms with van der Waals surface area (Å²) >= 11 is 0. The monoisotopic (exact) mass is 209 g/mol. The molecule has 1 saturated carbocycles. The van der Waals surface area contributed by atoms with Gasteiger partial charge in [-0.1, -0.05) is 19.3 Å². The molecule has 0 N–H and O–H groups in total. The lowest BCUT2D eigenvalue weighted by molar-refractivity contribution is -0.124. The van der Waals surface area contributed by atoms with Gasteiger partial charge in [0.25, 0.3) is 0 Å². The normalized spacial score (nSPS) is 29.5. The second kappa shape index (κ2) is 5.11. The van der Waals surface area contributed by atoms with Gasteiger partial charge >= 0.3 is 0 Å². The Morgan fingerprint density at radius 3 is 2.47 bits per heavy atom. The van der Waals surface area contributed by atoms with E-state index in [-0.39, 0.29) is 0 Å². The topological polar surface area (TPSA) is 20.3 Å². The van der Waals surface area contributed by atoms with Gasteiger partial charge in [0.1, 0.15) is 5.78 Å². The lowest BCUT2D eigenvalue weighted by atomic mass is 9.99. The minimum atomic E-state index is 0.402. The van der Waals surface area contributed by atoms with Crippen molar-refractivity contribution in [2.24, 2.45) is 5.92 Å². The van der Waals surface area contributed by atoms with Crippen LogP contribution in [0.5, 0.6) is 0 Å². The molecule has 15 heavy (non-hydrogen) atoms. The molecule has 2 aliphatic rings. The summed E-state index contributed by atoms with van der Waals surface area (Å²) in [5.41, 5.74) is 0. The second-order valence-electron chi connectivity index (χ2n) is 5.26. The van der Waals surface area contributed by atoms with Crippen molar-refractivity contribution in [2.45, 2.75) is 57.9 Å². The molecule has 0 aromatic carbocycles. The first-order valence-corrected chi connectivity index (χ1v) is 6.54. The molecule has 0 aromatic rings. The number of piperidine rings is 1. The van der Waals surface area contributed by atoms with E-state index >= 15 is 0 Å². The summed E-state index contributed by atoms with van der Waals surface area (Å²) in [6.07, 6.45) is 8.75. The Bertz CT molecular complexity index is 221. The molecule has 0 aromatic heterocycles. The van der Waals surface area contributed by atoms with Gasteiger partial charge in [-0.15, -0.1) is 0 Å². The van der Waals surface area contributed by atoms with Gasteiger partial charge in [0, 0.05) is 12.0 Å². The van der Waals surface area contributed by atoms with Crippen LogP contribution in [0.4, 0.5) is 0 Å². The molecule has 1 aliphatic carbocycles. The van der Waals surface area contributed by atoms with Crippen molar-refractivity contribution in [3.05, 3.63) is 0 Å². The number of Topliss-reactive ketones (excluding diaryl/α,β-unsaturated/α-hetero) is 1. The minimum Gasteiger partial charge on any atom is -0.298 e. The zero-order valence-corrected chi connectivity index (χ0v) is 9.87. The van der Waals surface area contributed by atoms with Gasteiger partial charge in [0.2, 0.25) is 0 Å². The van der Waals surface area contributed by atoms with Gasteiger partial charge in [-0.2, -0.15) is 0 Å². The molecule has 2 nitrogen and oxygen atoms in total. The number of ketones is 1. The summed E-state index contributed by atoms with van der Waals surface area (Å²) in [6.45, 7) is 4.13. The lowest BCUT2D eigenvalue weighted by Crippen LogP contribution is -2.42. The third-order valence-corrected chi connectivity index (χ3v) is 4.11. The molecule has 0 spiro atoms. The van der Waals surface area contributed by atoms with Gasteiger partial charge in [-0.3, -0.25) is 9.69 Å². The third kappa shape index (κ3) is 2.81. The Morgan fingerprint density at radius 1 is 1.13 bits per heavy atom. The molecule has 1 aliphatic heterocycles. The van der Waals surface area contributed by atoms with Gasteiger partial charge < -0.3 is 0 Å². The number of carbonyl (C=O) groups excluding carboxylic acids is 1. The maximum Gasteiger partial charge on any atom is 0.149 e. The number of carbonyl (C=O) groups is 1. The summed E-state index contributed by atoms with van der Waals surface area (Å²) in [7, 11) is 0. The highest BCUT2D eigenvalue weighted by atomic mass is 16.1. The van der Waals surface area contributed by atoms with E-state index in [1.54, 1.807) is 0 Å². The quantitative estimate of drug-likeness (QED) is 0.712. The summed E-state index contributed by atoms with van der Waals surface area (Å²) < 4.78 is 0. The molecule has 0 radical (unpaired) electrons. The van der Waals surface area contributed by atoms with Crippen molar-refractivity contribution >= 4 is 5.78 Å². The molecule has 2 rings (SSSR count). The Morgan fingerprint density at radius 2 is 1.80 bits per heavy atom. The first kappa shape index (κ1) is 11.1. The molecular weight excluding hydrogens is 186 g/mol. The Labute approximate surface area is 93.0 Å². The van der Waals surface area contributed by atoms with Crippen LogP contribution in [0.1, 0.15) is 51.9 Å². The van der Waals surface area contributed by atoms with Crippen molar-refractivity contribution < 1.29 is 4.79 Å². The van der Waals surface area contributed by atoms with E-state index in [9.17, 15) is 4.79 Å². The number of hydrogen-bond donors (Lipinski definition) is 0. The van der Waals surface area contributed by atoms with Crippen LogP contribution < -0.4 is 0 Å². The van der Waals surface area contributed by atoms with Crippen molar-refractivity contribution in [3.63, 3.8) is 0 Å². The van der Waals surface area contributed by atoms with Gasteiger partial charge in [0.15, 0.2) is 0 Å². The van der Waals surface area contributed by atoms with Gasteiger partial charge in [-0.05, 0) is 39.2 Å².